The Morgan fingerprint density at radius 2 is 1.73 bits per heavy atom. The number of hydrogen-bond acceptors (Lipinski definition) is 4. The summed E-state index contributed by atoms with van der Waals surface area (Å²) < 4.78 is 5.46. The Morgan fingerprint density at radius 3 is 2.42 bits per heavy atom. The molecule has 4 rings (SSSR count). The minimum absolute atomic E-state index is 0.0850. The van der Waals surface area contributed by atoms with E-state index in [4.69, 9.17) is 4.42 Å². The van der Waals surface area contributed by atoms with Crippen molar-refractivity contribution in [1.82, 2.24) is 4.98 Å². The molecule has 1 N–H and O–H groups in total. The van der Waals surface area contributed by atoms with Gasteiger partial charge in [-0.3, -0.25) is 0 Å². The Kier molecular flexibility index (Phi) is 3.76. The fourth-order valence-electron chi connectivity index (χ4n) is 2.91. The molecule has 4 heteroatoms. The number of rotatable bonds is 2. The lowest BCUT2D eigenvalue weighted by atomic mass is 9.87. The summed E-state index contributed by atoms with van der Waals surface area (Å²) in [5.74, 6) is 0.192. The number of oxazole rings is 1. The van der Waals surface area contributed by atoms with Crippen LogP contribution in [0.1, 0.15) is 32.0 Å². The fourth-order valence-corrected chi connectivity index (χ4v) is 2.91. The quantitative estimate of drug-likeness (QED) is 0.769. The molecule has 0 unspecified atom stereocenters. The van der Waals surface area contributed by atoms with Crippen LogP contribution in [0.3, 0.4) is 0 Å². The van der Waals surface area contributed by atoms with Crippen molar-refractivity contribution in [3.8, 4) is 17.4 Å². The molecule has 0 saturated carbocycles. The second kappa shape index (κ2) is 5.99. The van der Waals surface area contributed by atoms with Gasteiger partial charge in [0.15, 0.2) is 0 Å². The van der Waals surface area contributed by atoms with Gasteiger partial charge in [-0.05, 0) is 41.3 Å². The Bertz CT molecular complexity index is 1080. The van der Waals surface area contributed by atoms with Crippen LogP contribution in [0.25, 0.3) is 23.6 Å². The zero-order chi connectivity index (χ0) is 18.3. The van der Waals surface area contributed by atoms with Crippen LogP contribution in [0.5, 0.6) is 5.95 Å². The zero-order valence-electron chi connectivity index (χ0n) is 15.0. The van der Waals surface area contributed by atoms with Crippen LogP contribution in [0.4, 0.5) is 0 Å². The van der Waals surface area contributed by atoms with Crippen molar-refractivity contribution in [2.45, 2.75) is 26.2 Å². The molecule has 0 radical (unpaired) electrons. The third kappa shape index (κ3) is 3.06. The molecule has 1 aromatic heterocycles. The first-order valence-electron chi connectivity index (χ1n) is 8.58. The number of aromatic nitrogens is 1. The van der Waals surface area contributed by atoms with Crippen LogP contribution in [0.2, 0.25) is 0 Å². The maximum atomic E-state index is 10.1. The third-order valence-corrected chi connectivity index (χ3v) is 4.41. The normalized spacial score (nSPS) is 14.8. The molecule has 0 spiro atoms. The molecule has 3 aromatic rings. The first-order chi connectivity index (χ1) is 12.4. The summed E-state index contributed by atoms with van der Waals surface area (Å²) in [6.07, 6.45) is 3.69. The van der Waals surface area contributed by atoms with Gasteiger partial charge in [0.2, 0.25) is 5.89 Å². The van der Waals surface area contributed by atoms with Crippen molar-refractivity contribution >= 4 is 12.2 Å². The highest BCUT2D eigenvalue weighted by atomic mass is 16.5. The lowest BCUT2D eigenvalue weighted by Gasteiger charge is -2.18. The van der Waals surface area contributed by atoms with E-state index in [2.05, 4.69) is 42.9 Å². The van der Waals surface area contributed by atoms with Crippen LogP contribution in [0, 0.1) is 0 Å². The van der Waals surface area contributed by atoms with Gasteiger partial charge in [0.05, 0.1) is 11.1 Å². The Balaban J connectivity index is 1.66. The standard InChI is InChI=1S/C22H20N2O2/c1-22(2,3)16-10-8-14(9-11-16)20-24-19(21(25)26-20)13-17-12-15-6-4-5-7-18(15)23-17/h4-13,25H,1-3H3. The molecule has 4 nitrogen and oxygen atoms in total. The number of nitrogens with zero attached hydrogens (tertiary/aromatic N) is 2. The summed E-state index contributed by atoms with van der Waals surface area (Å²) in [4.78, 5) is 8.95. The lowest BCUT2D eigenvalue weighted by molar-refractivity contribution is 0.336. The molecule has 2 heterocycles. The molecule has 1 aliphatic heterocycles. The largest absolute Gasteiger partial charge is 0.479 e. The van der Waals surface area contributed by atoms with E-state index in [1.54, 1.807) is 6.08 Å². The maximum absolute atomic E-state index is 10.1. The van der Waals surface area contributed by atoms with Crippen molar-refractivity contribution < 1.29 is 9.52 Å². The van der Waals surface area contributed by atoms with E-state index in [1.165, 1.54) is 5.56 Å². The number of para-hydroxylation sites is 1. The smallest absolute Gasteiger partial charge is 0.310 e. The van der Waals surface area contributed by atoms with Gasteiger partial charge in [0.1, 0.15) is 5.69 Å². The number of benzene rings is 2. The summed E-state index contributed by atoms with van der Waals surface area (Å²) >= 11 is 0. The lowest BCUT2D eigenvalue weighted by Crippen LogP contribution is -2.19. The van der Waals surface area contributed by atoms with Crippen LogP contribution >= 0.6 is 0 Å². The highest BCUT2D eigenvalue weighted by Gasteiger charge is 2.16. The van der Waals surface area contributed by atoms with Crippen LogP contribution < -0.4 is 10.6 Å². The SMILES string of the molecule is CC(C)(C)c1ccc(-c2nc(C=C3C=c4ccccc4=N3)c(O)o2)cc1. The van der Waals surface area contributed by atoms with Gasteiger partial charge in [-0.25, -0.2) is 9.98 Å². The predicted molar refractivity (Wildman–Crippen MR) is 102 cm³/mol. The second-order valence-corrected chi connectivity index (χ2v) is 7.42. The third-order valence-electron chi connectivity index (χ3n) is 4.41. The molecule has 130 valence electrons. The van der Waals surface area contributed by atoms with Gasteiger partial charge in [0, 0.05) is 10.8 Å². The van der Waals surface area contributed by atoms with Crippen molar-refractivity contribution in [1.29, 1.82) is 0 Å². The summed E-state index contributed by atoms with van der Waals surface area (Å²) in [6.45, 7) is 6.51. The minimum Gasteiger partial charge on any atom is -0.479 e. The van der Waals surface area contributed by atoms with Crippen molar-refractivity contribution in [2.24, 2.45) is 4.99 Å². The van der Waals surface area contributed by atoms with E-state index in [0.717, 1.165) is 21.8 Å². The second-order valence-electron chi connectivity index (χ2n) is 7.42. The first-order valence-corrected chi connectivity index (χ1v) is 8.58. The molecular weight excluding hydrogens is 324 g/mol. The zero-order valence-corrected chi connectivity index (χ0v) is 15.0. The molecule has 2 aromatic carbocycles. The Morgan fingerprint density at radius 1 is 1.00 bits per heavy atom. The van der Waals surface area contributed by atoms with Crippen LogP contribution in [-0.4, -0.2) is 10.1 Å². The van der Waals surface area contributed by atoms with Crippen LogP contribution in [-0.2, 0) is 5.41 Å². The van der Waals surface area contributed by atoms with Crippen LogP contribution in [0.15, 0.2) is 63.6 Å². The molecule has 0 saturated heterocycles. The van der Waals surface area contributed by atoms with E-state index in [0.29, 0.717) is 11.6 Å². The summed E-state index contributed by atoms with van der Waals surface area (Å²) in [7, 11) is 0. The van der Waals surface area contributed by atoms with Gasteiger partial charge in [-0.1, -0.05) is 51.1 Å². The van der Waals surface area contributed by atoms with E-state index in [1.807, 2.05) is 42.5 Å². The van der Waals surface area contributed by atoms with Crippen molar-refractivity contribution in [3.05, 3.63) is 76.1 Å². The topological polar surface area (TPSA) is 58.6 Å². The van der Waals surface area contributed by atoms with Gasteiger partial charge >= 0.3 is 5.95 Å². The van der Waals surface area contributed by atoms with Gasteiger partial charge in [0.25, 0.3) is 0 Å². The molecule has 26 heavy (non-hydrogen) atoms. The highest BCUT2D eigenvalue weighted by Crippen LogP contribution is 2.30. The van der Waals surface area contributed by atoms with Gasteiger partial charge in [-0.2, -0.15) is 0 Å². The number of allylic oxidation sites excluding steroid dienone is 1. The summed E-state index contributed by atoms with van der Waals surface area (Å²) in [5.41, 5.74) is 3.26. The minimum atomic E-state index is -0.202. The number of hydrogen-bond donors (Lipinski definition) is 1. The molecule has 0 atom stereocenters. The van der Waals surface area contributed by atoms with Gasteiger partial charge < -0.3 is 9.52 Å². The maximum Gasteiger partial charge on any atom is 0.310 e. The number of aromatic hydroxyl groups is 1. The molecule has 0 fully saturated rings. The summed E-state index contributed by atoms with van der Waals surface area (Å²) in [5, 5.41) is 12.1. The average Bonchev–Trinajstić information content (AvgIpc) is 3.18. The van der Waals surface area contributed by atoms with E-state index in [-0.39, 0.29) is 11.4 Å². The predicted octanol–water partition coefficient (Wildman–Crippen LogP) is 3.80. The highest BCUT2D eigenvalue weighted by molar-refractivity contribution is 5.67. The summed E-state index contributed by atoms with van der Waals surface area (Å²) in [6, 6.07) is 15.9. The van der Waals surface area contributed by atoms with Crippen molar-refractivity contribution in [2.75, 3.05) is 0 Å². The molecular formula is C22H20N2O2. The monoisotopic (exact) mass is 344 g/mol. The van der Waals surface area contributed by atoms with E-state index < -0.39 is 0 Å². The molecule has 1 aliphatic rings. The molecule has 0 amide bonds. The average molecular weight is 344 g/mol. The van der Waals surface area contributed by atoms with Crippen molar-refractivity contribution in [3.63, 3.8) is 0 Å². The first kappa shape index (κ1) is 16.3. The molecule has 0 bridgehead atoms. The molecule has 0 aliphatic carbocycles. The van der Waals surface area contributed by atoms with E-state index in [9.17, 15) is 5.11 Å². The Hall–Kier alpha value is -3.14. The van der Waals surface area contributed by atoms with Gasteiger partial charge in [-0.15, -0.1) is 0 Å². The fraction of sp³-hybridized carbons (Fsp3) is 0.182. The number of fused-ring (bicyclic) bond motifs is 1. The van der Waals surface area contributed by atoms with E-state index >= 15 is 0 Å². The Labute approximate surface area is 151 Å².